The van der Waals surface area contributed by atoms with Gasteiger partial charge in [-0.05, 0) is 47.0 Å². The van der Waals surface area contributed by atoms with Gasteiger partial charge in [-0.1, -0.05) is 194 Å². The first-order chi connectivity index (χ1) is 28.0. The molecule has 0 fully saturated rings. The van der Waals surface area contributed by atoms with Crippen molar-refractivity contribution in [2.24, 2.45) is 0 Å². The molecule has 58 heavy (non-hydrogen) atoms. The van der Waals surface area contributed by atoms with Crippen LogP contribution in [0.25, 0.3) is 0 Å². The predicted octanol–water partition coefficient (Wildman–Crippen LogP) is 14.1. The Hall–Kier alpha value is -1.67. The largest absolute Gasteiger partial charge is 0.464 e. The fourth-order valence-corrected chi connectivity index (χ4v) is 7.23. The number of hydrogen-bond donors (Lipinski definition) is 1. The summed E-state index contributed by atoms with van der Waals surface area (Å²) in [6, 6.07) is -1.03. The van der Waals surface area contributed by atoms with Gasteiger partial charge in [0.05, 0.1) is 24.4 Å². The second-order valence-corrected chi connectivity index (χ2v) is 18.4. The van der Waals surface area contributed by atoms with Crippen molar-refractivity contribution in [3.8, 4) is 0 Å². The minimum atomic E-state index is -1.03. The van der Waals surface area contributed by atoms with E-state index in [1.54, 1.807) is 7.11 Å². The van der Waals surface area contributed by atoms with Crippen LogP contribution in [-0.2, 0) is 33.3 Å². The lowest BCUT2D eigenvalue weighted by atomic mass is 10.0. The first-order valence-corrected chi connectivity index (χ1v) is 24.8. The number of amides is 1. The van der Waals surface area contributed by atoms with Crippen molar-refractivity contribution in [1.29, 1.82) is 0 Å². The summed E-state index contributed by atoms with van der Waals surface area (Å²) >= 11 is 0. The van der Waals surface area contributed by atoms with Gasteiger partial charge in [0.25, 0.3) is 0 Å². The van der Waals surface area contributed by atoms with Gasteiger partial charge in [-0.2, -0.15) is 0 Å². The van der Waals surface area contributed by atoms with Crippen molar-refractivity contribution >= 4 is 17.8 Å². The Morgan fingerprint density at radius 3 is 1.22 bits per heavy atom. The molecule has 0 saturated heterocycles. The van der Waals surface area contributed by atoms with Crippen LogP contribution in [0.1, 0.15) is 260 Å². The standard InChI is InChI=1S/C50H97NO7/c1-8-10-12-14-16-18-20-22-24-26-28-30-32-34-36-38-46(52)51-45(48(54)56-42-40-50(5,6)58-43-41-49(3,4)55-7)44-57-47(53)39-37-35-33-31-29-27-25-23-21-19-17-15-13-11-9-2/h45H,8-44H2,1-7H3,(H,51,52). The topological polar surface area (TPSA) is 100 Å². The van der Waals surface area contributed by atoms with Gasteiger partial charge in [-0.15, -0.1) is 0 Å². The third-order valence-corrected chi connectivity index (χ3v) is 11.7. The first kappa shape index (κ1) is 56.3. The lowest BCUT2D eigenvalue weighted by molar-refractivity contribution is -0.155. The van der Waals surface area contributed by atoms with Crippen molar-refractivity contribution < 1.29 is 33.3 Å². The molecule has 0 radical (unpaired) electrons. The van der Waals surface area contributed by atoms with Gasteiger partial charge in [0.15, 0.2) is 6.04 Å². The number of nitrogens with one attached hydrogen (secondary N) is 1. The molecule has 1 unspecified atom stereocenters. The Balaban J connectivity index is 4.50. The summed E-state index contributed by atoms with van der Waals surface area (Å²) in [7, 11) is 1.69. The molecular formula is C50H97NO7. The molecule has 0 bridgehead atoms. The average molecular weight is 824 g/mol. The zero-order valence-corrected chi connectivity index (χ0v) is 39.6. The summed E-state index contributed by atoms with van der Waals surface area (Å²) in [5.41, 5.74) is -0.778. The van der Waals surface area contributed by atoms with E-state index >= 15 is 0 Å². The number of carbonyl (C=O) groups excluding carboxylic acids is 3. The molecule has 0 saturated carbocycles. The van der Waals surface area contributed by atoms with E-state index in [0.29, 0.717) is 25.9 Å². The van der Waals surface area contributed by atoms with E-state index in [4.69, 9.17) is 18.9 Å². The Morgan fingerprint density at radius 2 is 0.828 bits per heavy atom. The first-order valence-electron chi connectivity index (χ1n) is 24.8. The molecule has 1 atom stereocenters. The van der Waals surface area contributed by atoms with Crippen molar-refractivity contribution in [1.82, 2.24) is 5.32 Å². The van der Waals surface area contributed by atoms with E-state index in [2.05, 4.69) is 19.2 Å². The molecule has 0 aliphatic carbocycles. The predicted molar refractivity (Wildman–Crippen MR) is 243 cm³/mol. The molecule has 0 aromatic heterocycles. The fraction of sp³-hybridized carbons (Fsp3) is 0.940. The van der Waals surface area contributed by atoms with Crippen LogP contribution in [0.2, 0.25) is 0 Å². The average Bonchev–Trinajstić information content (AvgIpc) is 3.19. The molecule has 0 heterocycles. The summed E-state index contributed by atoms with van der Waals surface area (Å²) < 4.78 is 22.7. The quantitative estimate of drug-likeness (QED) is 0.0482. The van der Waals surface area contributed by atoms with Gasteiger partial charge in [0, 0.05) is 26.4 Å². The van der Waals surface area contributed by atoms with E-state index < -0.39 is 17.6 Å². The Kier molecular flexibility index (Phi) is 38.3. The van der Waals surface area contributed by atoms with Gasteiger partial charge in [-0.3, -0.25) is 9.59 Å². The van der Waals surface area contributed by atoms with Crippen LogP contribution in [0, 0.1) is 0 Å². The minimum Gasteiger partial charge on any atom is -0.464 e. The van der Waals surface area contributed by atoms with Crippen LogP contribution in [0.15, 0.2) is 0 Å². The van der Waals surface area contributed by atoms with Crippen molar-refractivity contribution in [2.75, 3.05) is 26.9 Å². The lowest BCUT2D eigenvalue weighted by Crippen LogP contribution is -2.45. The highest BCUT2D eigenvalue weighted by Crippen LogP contribution is 2.20. The lowest BCUT2D eigenvalue weighted by Gasteiger charge is -2.29. The molecule has 0 aliphatic heterocycles. The van der Waals surface area contributed by atoms with E-state index in [1.807, 2.05) is 27.7 Å². The van der Waals surface area contributed by atoms with Crippen molar-refractivity contribution in [3.05, 3.63) is 0 Å². The number of hydrogen-bond acceptors (Lipinski definition) is 7. The molecule has 0 spiro atoms. The third-order valence-electron chi connectivity index (χ3n) is 11.7. The SMILES string of the molecule is CCCCCCCCCCCCCCCCCC(=O)NC(COC(=O)CCCCCCCCCCCCCCCCC)C(=O)OCCC(C)(C)OCCC(C)(C)OC. The second-order valence-electron chi connectivity index (χ2n) is 18.4. The van der Waals surface area contributed by atoms with Gasteiger partial charge < -0.3 is 24.3 Å². The van der Waals surface area contributed by atoms with Gasteiger partial charge in [0.2, 0.25) is 5.91 Å². The summed E-state index contributed by atoms with van der Waals surface area (Å²) in [5, 5.41) is 2.81. The molecular weight excluding hydrogens is 727 g/mol. The third kappa shape index (κ3) is 38.5. The maximum Gasteiger partial charge on any atom is 0.332 e. The second kappa shape index (κ2) is 39.5. The Morgan fingerprint density at radius 1 is 0.466 bits per heavy atom. The van der Waals surface area contributed by atoms with Gasteiger partial charge in [0.1, 0.15) is 6.61 Å². The van der Waals surface area contributed by atoms with E-state index in [1.165, 1.54) is 154 Å². The number of unbranched alkanes of at least 4 members (excludes halogenated alkanes) is 28. The fourth-order valence-electron chi connectivity index (χ4n) is 7.23. The Labute approximate surface area is 359 Å². The maximum atomic E-state index is 13.2. The van der Waals surface area contributed by atoms with Crippen LogP contribution >= 0.6 is 0 Å². The molecule has 8 nitrogen and oxygen atoms in total. The summed E-state index contributed by atoms with van der Waals surface area (Å²) in [6.45, 7) is 13.0. The van der Waals surface area contributed by atoms with E-state index in [9.17, 15) is 14.4 Å². The number of rotatable bonds is 44. The molecule has 0 aromatic carbocycles. The monoisotopic (exact) mass is 824 g/mol. The van der Waals surface area contributed by atoms with Gasteiger partial charge in [-0.25, -0.2) is 4.79 Å². The summed E-state index contributed by atoms with van der Waals surface area (Å²) in [6.07, 6.45) is 39.8. The van der Waals surface area contributed by atoms with Crippen LogP contribution in [0.4, 0.5) is 0 Å². The maximum absolute atomic E-state index is 13.2. The van der Waals surface area contributed by atoms with Crippen LogP contribution < -0.4 is 5.32 Å². The van der Waals surface area contributed by atoms with Crippen molar-refractivity contribution in [2.45, 2.75) is 277 Å². The number of carbonyl (C=O) groups is 3. The van der Waals surface area contributed by atoms with Crippen LogP contribution in [0.5, 0.6) is 0 Å². The Bertz CT molecular complexity index is 952. The van der Waals surface area contributed by atoms with Crippen LogP contribution in [-0.4, -0.2) is 62.0 Å². The normalized spacial score (nSPS) is 12.5. The molecule has 1 amide bonds. The number of ether oxygens (including phenoxy) is 4. The molecule has 344 valence electrons. The molecule has 0 aliphatic rings. The zero-order chi connectivity index (χ0) is 43.0. The molecule has 1 N–H and O–H groups in total. The highest BCUT2D eigenvalue weighted by molar-refractivity contribution is 5.84. The number of esters is 2. The van der Waals surface area contributed by atoms with E-state index in [0.717, 1.165) is 44.9 Å². The number of methoxy groups -OCH3 is 1. The molecule has 0 rings (SSSR count). The van der Waals surface area contributed by atoms with E-state index in [-0.39, 0.29) is 30.7 Å². The van der Waals surface area contributed by atoms with Gasteiger partial charge >= 0.3 is 11.9 Å². The molecule has 0 aromatic rings. The highest BCUT2D eigenvalue weighted by Gasteiger charge is 2.26. The highest BCUT2D eigenvalue weighted by atomic mass is 16.6. The minimum absolute atomic E-state index is 0.137. The summed E-state index contributed by atoms with van der Waals surface area (Å²) in [5.74, 6) is -1.13. The molecule has 8 heteroatoms. The summed E-state index contributed by atoms with van der Waals surface area (Å²) in [4.78, 5) is 38.8. The smallest absolute Gasteiger partial charge is 0.332 e. The zero-order valence-electron chi connectivity index (χ0n) is 39.6. The van der Waals surface area contributed by atoms with Crippen LogP contribution in [0.3, 0.4) is 0 Å². The van der Waals surface area contributed by atoms with Crippen molar-refractivity contribution in [3.63, 3.8) is 0 Å².